The number of carbonyl (C=O) groups is 1. The Morgan fingerprint density at radius 1 is 1.11 bits per heavy atom. The zero-order valence-electron chi connectivity index (χ0n) is 15.9. The van der Waals surface area contributed by atoms with E-state index in [1.807, 2.05) is 12.1 Å². The highest BCUT2D eigenvalue weighted by molar-refractivity contribution is 5.95. The van der Waals surface area contributed by atoms with Crippen LogP contribution in [-0.2, 0) is 0 Å². The Hall–Kier alpha value is -3.28. The van der Waals surface area contributed by atoms with Gasteiger partial charge in [0.1, 0.15) is 11.6 Å². The van der Waals surface area contributed by atoms with E-state index in [0.717, 1.165) is 12.1 Å². The summed E-state index contributed by atoms with van der Waals surface area (Å²) in [6.07, 6.45) is 2.55. The van der Waals surface area contributed by atoms with Gasteiger partial charge in [-0.1, -0.05) is 32.0 Å². The fraction of sp³-hybridized carbons (Fsp3) is 0.227. The Balaban J connectivity index is 1.72. The summed E-state index contributed by atoms with van der Waals surface area (Å²) in [7, 11) is 0. The number of anilines is 2. The molecule has 144 valence electrons. The number of benzene rings is 2. The van der Waals surface area contributed by atoms with Crippen LogP contribution < -0.4 is 10.6 Å². The van der Waals surface area contributed by atoms with Crippen LogP contribution in [0, 0.1) is 11.7 Å². The van der Waals surface area contributed by atoms with Crippen molar-refractivity contribution in [1.82, 2.24) is 15.3 Å². The molecule has 0 saturated carbocycles. The summed E-state index contributed by atoms with van der Waals surface area (Å²) in [6.45, 7) is 4.89. The molecule has 2 N–H and O–H groups in total. The van der Waals surface area contributed by atoms with Crippen molar-refractivity contribution in [1.29, 1.82) is 0 Å². The number of carbonyl (C=O) groups excluding carboxylic acids is 1. The van der Waals surface area contributed by atoms with Crippen molar-refractivity contribution in [3.63, 3.8) is 0 Å². The molecule has 0 spiro atoms. The first-order valence-corrected chi connectivity index (χ1v) is 9.25. The third-order valence-corrected chi connectivity index (χ3v) is 4.14. The first-order valence-electron chi connectivity index (χ1n) is 9.25. The molecule has 0 bridgehead atoms. The third-order valence-electron chi connectivity index (χ3n) is 4.14. The number of amides is 1. The van der Waals surface area contributed by atoms with E-state index >= 15 is 0 Å². The molecular weight excluding hydrogens is 355 g/mol. The lowest BCUT2D eigenvalue weighted by Gasteiger charge is -2.10. The van der Waals surface area contributed by atoms with E-state index in [-0.39, 0.29) is 11.7 Å². The molecule has 1 aromatic heterocycles. The van der Waals surface area contributed by atoms with E-state index < -0.39 is 0 Å². The molecule has 3 aromatic rings. The molecule has 0 aliphatic carbocycles. The second-order valence-electron chi connectivity index (χ2n) is 6.92. The molecule has 2 aromatic carbocycles. The van der Waals surface area contributed by atoms with Crippen LogP contribution in [0.3, 0.4) is 0 Å². The summed E-state index contributed by atoms with van der Waals surface area (Å²) in [5.41, 5.74) is 1.91. The average Bonchev–Trinajstić information content (AvgIpc) is 2.68. The Labute approximate surface area is 164 Å². The van der Waals surface area contributed by atoms with Crippen LogP contribution in [0.2, 0.25) is 0 Å². The van der Waals surface area contributed by atoms with Gasteiger partial charge in [-0.15, -0.1) is 0 Å². The van der Waals surface area contributed by atoms with E-state index in [1.165, 1.54) is 12.1 Å². The molecule has 28 heavy (non-hydrogen) atoms. The molecule has 1 heterocycles. The molecule has 0 aliphatic heterocycles. The van der Waals surface area contributed by atoms with Crippen molar-refractivity contribution in [3.8, 4) is 11.4 Å². The maximum absolute atomic E-state index is 13.4. The molecule has 1 amide bonds. The van der Waals surface area contributed by atoms with Gasteiger partial charge >= 0.3 is 0 Å². The van der Waals surface area contributed by atoms with Crippen LogP contribution in [0.1, 0.15) is 30.6 Å². The number of nitrogens with one attached hydrogen (secondary N) is 2. The second kappa shape index (κ2) is 9.08. The topological polar surface area (TPSA) is 66.9 Å². The average molecular weight is 378 g/mol. The van der Waals surface area contributed by atoms with Gasteiger partial charge in [0.2, 0.25) is 0 Å². The van der Waals surface area contributed by atoms with Gasteiger partial charge in [-0.3, -0.25) is 4.79 Å². The van der Waals surface area contributed by atoms with E-state index in [0.29, 0.717) is 35.2 Å². The predicted molar refractivity (Wildman–Crippen MR) is 109 cm³/mol. The minimum absolute atomic E-state index is 0.104. The zero-order chi connectivity index (χ0) is 19.9. The number of hydrogen-bond donors (Lipinski definition) is 2. The molecule has 0 radical (unpaired) electrons. The van der Waals surface area contributed by atoms with Gasteiger partial charge in [-0.25, -0.2) is 14.4 Å². The summed E-state index contributed by atoms with van der Waals surface area (Å²) < 4.78 is 13.4. The standard InChI is InChI=1S/C22H23FN4O/c1-15(2)9-11-25-22(28)17-6-4-8-19(14-17)26-20-10-12-24-21(27-20)16-5-3-7-18(23)13-16/h3-8,10,12-15H,9,11H2,1-2H3,(H,25,28)(H,24,26,27). The molecule has 0 aliphatic rings. The molecule has 6 heteroatoms. The molecule has 5 nitrogen and oxygen atoms in total. The lowest BCUT2D eigenvalue weighted by Crippen LogP contribution is -2.25. The van der Waals surface area contributed by atoms with Gasteiger partial charge < -0.3 is 10.6 Å². The lowest BCUT2D eigenvalue weighted by atomic mass is 10.1. The first-order chi connectivity index (χ1) is 13.5. The van der Waals surface area contributed by atoms with E-state index in [9.17, 15) is 9.18 Å². The third kappa shape index (κ3) is 5.36. The Morgan fingerprint density at radius 2 is 1.93 bits per heavy atom. The van der Waals surface area contributed by atoms with E-state index in [1.54, 1.807) is 36.5 Å². The van der Waals surface area contributed by atoms with Crippen LogP contribution in [0.5, 0.6) is 0 Å². The normalized spacial score (nSPS) is 10.7. The van der Waals surface area contributed by atoms with Crippen molar-refractivity contribution >= 4 is 17.4 Å². The van der Waals surface area contributed by atoms with Crippen molar-refractivity contribution in [2.24, 2.45) is 5.92 Å². The predicted octanol–water partition coefficient (Wildman–Crippen LogP) is 4.80. The van der Waals surface area contributed by atoms with Gasteiger partial charge in [-0.05, 0) is 48.7 Å². The summed E-state index contributed by atoms with van der Waals surface area (Å²) in [5.74, 6) is 1.08. The minimum atomic E-state index is -0.337. The molecule has 0 atom stereocenters. The van der Waals surface area contributed by atoms with E-state index in [4.69, 9.17) is 0 Å². The molecule has 0 unspecified atom stereocenters. The Kier molecular flexibility index (Phi) is 6.32. The van der Waals surface area contributed by atoms with Gasteiger partial charge in [0, 0.05) is 29.6 Å². The zero-order valence-corrected chi connectivity index (χ0v) is 15.9. The SMILES string of the molecule is CC(C)CCNC(=O)c1cccc(Nc2ccnc(-c3cccc(F)c3)n2)c1. The number of aromatic nitrogens is 2. The van der Waals surface area contributed by atoms with Crippen molar-refractivity contribution in [3.05, 3.63) is 72.2 Å². The maximum atomic E-state index is 13.4. The fourth-order valence-corrected chi connectivity index (χ4v) is 2.66. The van der Waals surface area contributed by atoms with Crippen LogP contribution >= 0.6 is 0 Å². The number of nitrogens with zero attached hydrogens (tertiary/aromatic N) is 2. The van der Waals surface area contributed by atoms with Gasteiger partial charge in [0.15, 0.2) is 5.82 Å². The number of hydrogen-bond acceptors (Lipinski definition) is 4. The Morgan fingerprint density at radius 3 is 2.71 bits per heavy atom. The summed E-state index contributed by atoms with van der Waals surface area (Å²) in [4.78, 5) is 20.9. The van der Waals surface area contributed by atoms with Crippen molar-refractivity contribution in [2.45, 2.75) is 20.3 Å². The van der Waals surface area contributed by atoms with Crippen LogP contribution in [-0.4, -0.2) is 22.4 Å². The lowest BCUT2D eigenvalue weighted by molar-refractivity contribution is 0.0952. The molecule has 0 fully saturated rings. The Bertz CT molecular complexity index is 959. The highest BCUT2D eigenvalue weighted by Gasteiger charge is 2.08. The second-order valence-corrected chi connectivity index (χ2v) is 6.92. The van der Waals surface area contributed by atoms with Gasteiger partial charge in [0.25, 0.3) is 5.91 Å². The fourth-order valence-electron chi connectivity index (χ4n) is 2.66. The highest BCUT2D eigenvalue weighted by Crippen LogP contribution is 2.20. The maximum Gasteiger partial charge on any atom is 0.251 e. The van der Waals surface area contributed by atoms with Crippen LogP contribution in [0.15, 0.2) is 60.8 Å². The first kappa shape index (κ1) is 19.5. The number of rotatable bonds is 7. The van der Waals surface area contributed by atoms with Crippen molar-refractivity contribution in [2.75, 3.05) is 11.9 Å². The quantitative estimate of drug-likeness (QED) is 0.620. The summed E-state index contributed by atoms with van der Waals surface area (Å²) in [6, 6.07) is 15.1. The number of halogens is 1. The van der Waals surface area contributed by atoms with Crippen LogP contribution in [0.25, 0.3) is 11.4 Å². The monoisotopic (exact) mass is 378 g/mol. The summed E-state index contributed by atoms with van der Waals surface area (Å²) in [5, 5.41) is 6.10. The van der Waals surface area contributed by atoms with E-state index in [2.05, 4.69) is 34.4 Å². The van der Waals surface area contributed by atoms with Crippen LogP contribution in [0.4, 0.5) is 15.9 Å². The molecular formula is C22H23FN4O. The van der Waals surface area contributed by atoms with Gasteiger partial charge in [-0.2, -0.15) is 0 Å². The molecule has 3 rings (SSSR count). The van der Waals surface area contributed by atoms with Gasteiger partial charge in [0.05, 0.1) is 0 Å². The summed E-state index contributed by atoms with van der Waals surface area (Å²) >= 11 is 0. The minimum Gasteiger partial charge on any atom is -0.352 e. The highest BCUT2D eigenvalue weighted by atomic mass is 19.1. The largest absolute Gasteiger partial charge is 0.352 e. The smallest absolute Gasteiger partial charge is 0.251 e. The molecule has 0 saturated heterocycles. The van der Waals surface area contributed by atoms with Crippen molar-refractivity contribution < 1.29 is 9.18 Å².